The molecule has 1 aromatic rings. The number of ether oxygens (including phenoxy) is 1. The molecule has 2 fully saturated rings. The lowest BCUT2D eigenvalue weighted by Crippen LogP contribution is -2.46. The van der Waals surface area contributed by atoms with Crippen LogP contribution in [0.2, 0.25) is 0 Å². The third-order valence-electron chi connectivity index (χ3n) is 6.72. The number of anilines is 1. The van der Waals surface area contributed by atoms with Gasteiger partial charge in [-0.15, -0.1) is 0 Å². The smallest absolute Gasteiger partial charge is 0.233 e. The van der Waals surface area contributed by atoms with Gasteiger partial charge in [0.05, 0.1) is 11.0 Å². The highest BCUT2D eigenvalue weighted by Gasteiger charge is 2.52. The maximum atomic E-state index is 13.2. The molecule has 1 aliphatic heterocycles. The van der Waals surface area contributed by atoms with E-state index in [-0.39, 0.29) is 17.2 Å². The van der Waals surface area contributed by atoms with Crippen LogP contribution in [-0.2, 0) is 16.0 Å². The Morgan fingerprint density at radius 2 is 1.77 bits per heavy atom. The number of benzene rings is 1. The number of methoxy groups -OCH3 is 1. The molecule has 1 N–H and O–H groups in total. The van der Waals surface area contributed by atoms with E-state index in [4.69, 9.17) is 4.74 Å². The van der Waals surface area contributed by atoms with Crippen LogP contribution in [0, 0.1) is 11.3 Å². The molecule has 0 bridgehead atoms. The summed E-state index contributed by atoms with van der Waals surface area (Å²) in [6, 6.07) is 8.40. The summed E-state index contributed by atoms with van der Waals surface area (Å²) in [5, 5.41) is 10.7. The average Bonchev–Trinajstić information content (AvgIpc) is 2.95. The monoisotopic (exact) mass is 359 g/mol. The van der Waals surface area contributed by atoms with Gasteiger partial charge in [0, 0.05) is 25.9 Å². The van der Waals surface area contributed by atoms with Gasteiger partial charge < -0.3 is 14.7 Å². The van der Waals surface area contributed by atoms with Crippen molar-refractivity contribution in [2.45, 2.75) is 64.4 Å². The summed E-state index contributed by atoms with van der Waals surface area (Å²) in [7, 11) is 1.73. The Morgan fingerprint density at radius 3 is 2.35 bits per heavy atom. The summed E-state index contributed by atoms with van der Waals surface area (Å²) in [5.41, 5.74) is 1.44. The van der Waals surface area contributed by atoms with E-state index in [1.54, 1.807) is 7.11 Å². The molecule has 26 heavy (non-hydrogen) atoms. The van der Waals surface area contributed by atoms with E-state index >= 15 is 0 Å². The molecule has 4 nitrogen and oxygen atoms in total. The molecule has 0 radical (unpaired) electrons. The first kappa shape index (κ1) is 19.4. The Balaban J connectivity index is 1.64. The molecule has 1 saturated heterocycles. The zero-order valence-corrected chi connectivity index (χ0v) is 16.5. The predicted octanol–water partition coefficient (Wildman–Crippen LogP) is 3.95. The topological polar surface area (TPSA) is 49.8 Å². The fraction of sp³-hybridized carbons (Fsp3) is 0.682. The highest BCUT2D eigenvalue weighted by molar-refractivity contribution is 6.00. The quantitative estimate of drug-likeness (QED) is 0.783. The van der Waals surface area contributed by atoms with Crippen LogP contribution >= 0.6 is 0 Å². The van der Waals surface area contributed by atoms with E-state index in [0.717, 1.165) is 63.8 Å². The standard InChI is InChI=1S/C22H33NO3/c1-17(2)22(25)12-10-21(11-13-22)14-15-23(20(21)24)19-8-6-18(7-9-19)5-4-16-26-3/h6-9,17,25H,4-5,10-16H2,1-3H3/t21-,22+. The Bertz CT molecular complexity index is 615. The minimum atomic E-state index is -0.594. The van der Waals surface area contributed by atoms with Gasteiger partial charge in [-0.25, -0.2) is 0 Å². The molecule has 2 aliphatic rings. The second-order valence-corrected chi connectivity index (χ2v) is 8.51. The van der Waals surface area contributed by atoms with Crippen molar-refractivity contribution in [1.82, 2.24) is 0 Å². The molecule has 144 valence electrons. The van der Waals surface area contributed by atoms with E-state index < -0.39 is 5.60 Å². The van der Waals surface area contributed by atoms with Crippen LogP contribution in [0.3, 0.4) is 0 Å². The lowest BCUT2D eigenvalue weighted by atomic mass is 9.65. The van der Waals surface area contributed by atoms with Crippen molar-refractivity contribution in [2.75, 3.05) is 25.2 Å². The van der Waals surface area contributed by atoms with Crippen molar-refractivity contribution in [3.63, 3.8) is 0 Å². The molecule has 0 unspecified atom stereocenters. The number of carbonyl (C=O) groups is 1. The number of hydrogen-bond donors (Lipinski definition) is 1. The van der Waals surface area contributed by atoms with Gasteiger partial charge in [-0.1, -0.05) is 26.0 Å². The molecule has 1 amide bonds. The number of carbonyl (C=O) groups excluding carboxylic acids is 1. The van der Waals surface area contributed by atoms with Crippen LogP contribution in [0.1, 0.15) is 57.9 Å². The Hall–Kier alpha value is -1.39. The van der Waals surface area contributed by atoms with E-state index in [0.29, 0.717) is 0 Å². The minimum Gasteiger partial charge on any atom is -0.390 e. The van der Waals surface area contributed by atoms with Crippen molar-refractivity contribution >= 4 is 11.6 Å². The lowest BCUT2D eigenvalue weighted by Gasteiger charge is -2.43. The summed E-state index contributed by atoms with van der Waals surface area (Å²) >= 11 is 0. The molecule has 1 saturated carbocycles. The minimum absolute atomic E-state index is 0.248. The van der Waals surface area contributed by atoms with Crippen LogP contribution in [-0.4, -0.2) is 36.9 Å². The molecular formula is C22H33NO3. The molecular weight excluding hydrogens is 326 g/mol. The molecule has 1 spiro atoms. The second kappa shape index (κ2) is 7.69. The van der Waals surface area contributed by atoms with Gasteiger partial charge in [0.25, 0.3) is 0 Å². The van der Waals surface area contributed by atoms with Crippen LogP contribution in [0.4, 0.5) is 5.69 Å². The number of aryl methyl sites for hydroxylation is 1. The number of hydrogen-bond acceptors (Lipinski definition) is 3. The zero-order chi connectivity index (χ0) is 18.8. The molecule has 0 atom stereocenters. The maximum Gasteiger partial charge on any atom is 0.233 e. The number of aliphatic hydroxyl groups is 1. The highest BCUT2D eigenvalue weighted by atomic mass is 16.5. The van der Waals surface area contributed by atoms with E-state index in [2.05, 4.69) is 38.1 Å². The molecule has 1 aliphatic carbocycles. The second-order valence-electron chi connectivity index (χ2n) is 8.51. The van der Waals surface area contributed by atoms with Crippen LogP contribution in [0.15, 0.2) is 24.3 Å². The number of nitrogens with zero attached hydrogens (tertiary/aromatic N) is 1. The van der Waals surface area contributed by atoms with Gasteiger partial charge in [0.2, 0.25) is 5.91 Å². The molecule has 1 heterocycles. The number of amides is 1. The van der Waals surface area contributed by atoms with Gasteiger partial charge in [0.15, 0.2) is 0 Å². The molecule has 4 heteroatoms. The van der Waals surface area contributed by atoms with Gasteiger partial charge in [-0.3, -0.25) is 4.79 Å². The number of rotatable bonds is 6. The summed E-state index contributed by atoms with van der Waals surface area (Å²) in [5.74, 6) is 0.508. The zero-order valence-electron chi connectivity index (χ0n) is 16.5. The van der Waals surface area contributed by atoms with E-state index in [1.165, 1.54) is 5.56 Å². The Morgan fingerprint density at radius 1 is 1.12 bits per heavy atom. The van der Waals surface area contributed by atoms with E-state index in [9.17, 15) is 9.90 Å². The summed E-state index contributed by atoms with van der Waals surface area (Å²) in [4.78, 5) is 15.1. The Kier molecular flexibility index (Phi) is 5.73. The van der Waals surface area contributed by atoms with Crippen molar-refractivity contribution < 1.29 is 14.6 Å². The van der Waals surface area contributed by atoms with Crippen molar-refractivity contribution in [3.05, 3.63) is 29.8 Å². The normalized spacial score (nSPS) is 29.1. The predicted molar refractivity (Wildman–Crippen MR) is 104 cm³/mol. The van der Waals surface area contributed by atoms with Gasteiger partial charge in [-0.2, -0.15) is 0 Å². The van der Waals surface area contributed by atoms with Crippen molar-refractivity contribution in [1.29, 1.82) is 0 Å². The molecule has 1 aromatic carbocycles. The van der Waals surface area contributed by atoms with Crippen LogP contribution in [0.25, 0.3) is 0 Å². The lowest BCUT2D eigenvalue weighted by molar-refractivity contribution is -0.132. The summed E-state index contributed by atoms with van der Waals surface area (Å²) in [6.45, 7) is 5.73. The first-order valence-corrected chi connectivity index (χ1v) is 10.0. The van der Waals surface area contributed by atoms with Gasteiger partial charge in [0.1, 0.15) is 0 Å². The first-order valence-electron chi connectivity index (χ1n) is 10.0. The fourth-order valence-corrected chi connectivity index (χ4v) is 4.53. The van der Waals surface area contributed by atoms with Gasteiger partial charge >= 0.3 is 0 Å². The SMILES string of the molecule is COCCCc1ccc(N2CC[C@]3(CC[C@@](O)(C(C)C)CC3)C2=O)cc1. The average molecular weight is 360 g/mol. The fourth-order valence-electron chi connectivity index (χ4n) is 4.53. The largest absolute Gasteiger partial charge is 0.390 e. The van der Waals surface area contributed by atoms with Crippen molar-refractivity contribution in [3.8, 4) is 0 Å². The van der Waals surface area contributed by atoms with Crippen LogP contribution < -0.4 is 4.90 Å². The molecule has 0 aromatic heterocycles. The maximum absolute atomic E-state index is 13.2. The summed E-state index contributed by atoms with van der Waals surface area (Å²) in [6.07, 6.45) is 6.03. The van der Waals surface area contributed by atoms with E-state index in [1.807, 2.05) is 4.90 Å². The third-order valence-corrected chi connectivity index (χ3v) is 6.72. The van der Waals surface area contributed by atoms with Crippen LogP contribution in [0.5, 0.6) is 0 Å². The highest BCUT2D eigenvalue weighted by Crippen LogP contribution is 2.50. The molecule has 3 rings (SSSR count). The Labute approximate surface area is 157 Å². The third kappa shape index (κ3) is 3.67. The van der Waals surface area contributed by atoms with Gasteiger partial charge in [-0.05, 0) is 68.6 Å². The summed E-state index contributed by atoms with van der Waals surface area (Å²) < 4.78 is 5.10. The first-order chi connectivity index (χ1) is 12.4. The van der Waals surface area contributed by atoms with Crippen molar-refractivity contribution in [2.24, 2.45) is 11.3 Å².